The maximum Gasteiger partial charge on any atom is 0.460 e. The number of halogens is 18. The molecule has 1 N–H and O–H groups in total. The van der Waals surface area contributed by atoms with Crippen LogP contribution >= 0.6 is 23.4 Å². The van der Waals surface area contributed by atoms with Gasteiger partial charge in [0.05, 0.1) is 0 Å². The molecule has 0 spiro atoms. The van der Waals surface area contributed by atoms with Crippen LogP contribution in [0.25, 0.3) is 0 Å². The lowest BCUT2D eigenvalue weighted by molar-refractivity contribution is -0.461. The van der Waals surface area contributed by atoms with Crippen molar-refractivity contribution in [1.29, 1.82) is 0 Å². The SMILES string of the molecule is O=C(O)C(Cl)SCCC(F)(F)C(F)(F)C(F)(F)C(F)(F)C(F)(F)C(F)(F)C(F)(F)C(F)(F)F. The molecule has 0 aliphatic heterocycles. The molecule has 0 aromatic rings. The van der Waals surface area contributed by atoms with Gasteiger partial charge in [0.2, 0.25) is 0 Å². The molecule has 0 bridgehead atoms. The summed E-state index contributed by atoms with van der Waals surface area (Å²) < 4.78 is 219. The van der Waals surface area contributed by atoms with Crippen LogP contribution in [0.5, 0.6) is 0 Å². The summed E-state index contributed by atoms with van der Waals surface area (Å²) in [7, 11) is 0. The highest BCUT2D eigenvalue weighted by Gasteiger charge is 2.95. The van der Waals surface area contributed by atoms with E-state index in [-0.39, 0.29) is 0 Å². The number of carbonyl (C=O) groups is 1. The van der Waals surface area contributed by atoms with E-state index in [9.17, 15) is 79.4 Å². The molecule has 1 unspecified atom stereocenters. The predicted molar refractivity (Wildman–Crippen MR) is 75.0 cm³/mol. The zero-order valence-electron chi connectivity index (χ0n) is 14.6. The first-order chi connectivity index (χ1) is 14.1. The number of aliphatic carboxylic acids is 1. The first kappa shape index (κ1) is 31.9. The highest BCUT2D eigenvalue weighted by Crippen LogP contribution is 2.64. The Balaban J connectivity index is 6.34. The second-order valence-corrected chi connectivity index (χ2v) is 7.83. The third-order valence-electron chi connectivity index (χ3n) is 3.66. The lowest BCUT2D eigenvalue weighted by atomic mass is 9.88. The molecular formula is C12H6ClF17O2S. The molecule has 0 aromatic heterocycles. The molecule has 0 fully saturated rings. The molecule has 0 aliphatic rings. The predicted octanol–water partition coefficient (Wildman–Crippen LogP) is 6.77. The first-order valence-corrected chi connectivity index (χ1v) is 8.76. The Bertz CT molecular complexity index is 719. The first-order valence-electron chi connectivity index (χ1n) is 7.28. The molecule has 0 saturated heterocycles. The molecule has 2 nitrogen and oxygen atoms in total. The quantitative estimate of drug-likeness (QED) is 0.219. The van der Waals surface area contributed by atoms with E-state index in [0.717, 1.165) is 0 Å². The normalized spacial score (nSPS) is 16.7. The molecule has 198 valence electrons. The summed E-state index contributed by atoms with van der Waals surface area (Å²) in [5.74, 6) is -60.4. The van der Waals surface area contributed by atoms with E-state index in [1.54, 1.807) is 0 Å². The summed E-state index contributed by atoms with van der Waals surface area (Å²) in [5, 5.41) is 8.29. The van der Waals surface area contributed by atoms with Crippen LogP contribution in [0.2, 0.25) is 0 Å². The van der Waals surface area contributed by atoms with Crippen molar-refractivity contribution in [2.24, 2.45) is 0 Å². The van der Waals surface area contributed by atoms with E-state index < -0.39 is 82.2 Å². The van der Waals surface area contributed by atoms with Crippen LogP contribution in [-0.2, 0) is 4.79 Å². The monoisotopic (exact) mass is 572 g/mol. The summed E-state index contributed by atoms with van der Waals surface area (Å²) >= 11 is 4.52. The number of carboxylic acid groups (broad SMARTS) is 1. The highest BCUT2D eigenvalue weighted by molar-refractivity contribution is 8.01. The average Bonchev–Trinajstić information content (AvgIpc) is 2.59. The van der Waals surface area contributed by atoms with E-state index in [1.807, 2.05) is 0 Å². The van der Waals surface area contributed by atoms with Gasteiger partial charge in [-0.3, -0.25) is 0 Å². The van der Waals surface area contributed by atoms with Gasteiger partial charge in [0.1, 0.15) is 0 Å². The van der Waals surface area contributed by atoms with Gasteiger partial charge < -0.3 is 5.11 Å². The fraction of sp³-hybridized carbons (Fsp3) is 0.917. The largest absolute Gasteiger partial charge is 0.480 e. The standard InChI is InChI=1S/C12H6ClF17O2S/c13-3(4(31)32)33-2-1-5(14,15)6(16,17)7(18,19)8(20,21)9(22,23)10(24,25)11(26,27)12(28,29)30/h3H,1-2H2,(H,31,32). The fourth-order valence-corrected chi connectivity index (χ4v) is 2.71. The molecule has 0 aromatic carbocycles. The van der Waals surface area contributed by atoms with Crippen LogP contribution in [-0.4, -0.2) is 69.2 Å². The van der Waals surface area contributed by atoms with Gasteiger partial charge in [-0.15, -0.1) is 11.8 Å². The van der Waals surface area contributed by atoms with E-state index in [1.165, 1.54) is 0 Å². The Morgan fingerprint density at radius 2 is 0.939 bits per heavy atom. The van der Waals surface area contributed by atoms with Crippen molar-refractivity contribution >= 4 is 29.3 Å². The molecule has 0 rings (SSSR count). The summed E-state index contributed by atoms with van der Waals surface area (Å²) in [6.45, 7) is 0. The number of hydrogen-bond donors (Lipinski definition) is 1. The van der Waals surface area contributed by atoms with Crippen molar-refractivity contribution < 1.29 is 84.5 Å². The van der Waals surface area contributed by atoms with Crippen molar-refractivity contribution in [3.05, 3.63) is 0 Å². The van der Waals surface area contributed by atoms with Crippen molar-refractivity contribution in [1.82, 2.24) is 0 Å². The van der Waals surface area contributed by atoms with E-state index in [0.29, 0.717) is 0 Å². The number of hydrogen-bond acceptors (Lipinski definition) is 2. The smallest absolute Gasteiger partial charge is 0.460 e. The fourth-order valence-electron chi connectivity index (χ4n) is 1.72. The minimum absolute atomic E-state index is 0.411. The van der Waals surface area contributed by atoms with Gasteiger partial charge in [-0.25, -0.2) is 4.79 Å². The number of thioether (sulfide) groups is 1. The van der Waals surface area contributed by atoms with Gasteiger partial charge >= 0.3 is 53.6 Å². The molecule has 33 heavy (non-hydrogen) atoms. The van der Waals surface area contributed by atoms with Crippen molar-refractivity contribution in [3.8, 4) is 0 Å². The second-order valence-electron chi connectivity index (χ2n) is 5.92. The van der Waals surface area contributed by atoms with E-state index >= 15 is 0 Å². The number of rotatable bonds is 11. The second kappa shape index (κ2) is 8.85. The molecule has 0 aliphatic carbocycles. The van der Waals surface area contributed by atoms with Gasteiger partial charge in [-0.1, -0.05) is 11.6 Å². The van der Waals surface area contributed by atoms with Crippen LogP contribution in [0.1, 0.15) is 6.42 Å². The molecule has 0 heterocycles. The van der Waals surface area contributed by atoms with Crippen molar-refractivity contribution in [3.63, 3.8) is 0 Å². The van der Waals surface area contributed by atoms with Crippen LogP contribution < -0.4 is 0 Å². The number of carboxylic acids is 1. The zero-order valence-corrected chi connectivity index (χ0v) is 16.1. The van der Waals surface area contributed by atoms with E-state index in [2.05, 4.69) is 0 Å². The van der Waals surface area contributed by atoms with Crippen molar-refractivity contribution in [2.45, 2.75) is 58.8 Å². The van der Waals surface area contributed by atoms with Gasteiger partial charge in [0, 0.05) is 12.2 Å². The Hall–Kier alpha value is -1.08. The molecule has 0 radical (unpaired) electrons. The minimum Gasteiger partial charge on any atom is -0.480 e. The Morgan fingerprint density at radius 1 is 0.636 bits per heavy atom. The molecule has 21 heteroatoms. The van der Waals surface area contributed by atoms with E-state index in [4.69, 9.17) is 16.7 Å². The Labute approximate surface area is 179 Å². The molecule has 1 atom stereocenters. The summed E-state index contributed by atoms with van der Waals surface area (Å²) in [4.78, 5) is 10.3. The van der Waals surface area contributed by atoms with Gasteiger partial charge in [0.25, 0.3) is 0 Å². The van der Waals surface area contributed by atoms with Gasteiger partial charge in [-0.2, -0.15) is 74.6 Å². The zero-order chi connectivity index (χ0) is 27.3. The van der Waals surface area contributed by atoms with Gasteiger partial charge in [0.15, 0.2) is 4.71 Å². The summed E-state index contributed by atoms with van der Waals surface area (Å²) in [6, 6.07) is 0. The molecule has 0 amide bonds. The van der Waals surface area contributed by atoms with Crippen LogP contribution in [0.3, 0.4) is 0 Å². The Kier molecular flexibility index (Phi) is 8.56. The number of alkyl halides is 18. The van der Waals surface area contributed by atoms with Crippen LogP contribution in [0.15, 0.2) is 0 Å². The summed E-state index contributed by atoms with van der Waals surface area (Å²) in [6.07, 6.45) is -10.6. The highest BCUT2D eigenvalue weighted by atomic mass is 35.5. The third-order valence-corrected chi connectivity index (χ3v) is 5.16. The summed E-state index contributed by atoms with van der Waals surface area (Å²) in [5.41, 5.74) is 0. The topological polar surface area (TPSA) is 37.3 Å². The van der Waals surface area contributed by atoms with Crippen LogP contribution in [0, 0.1) is 0 Å². The lowest BCUT2D eigenvalue weighted by Crippen LogP contribution is -2.74. The maximum atomic E-state index is 13.5. The molecule has 0 saturated carbocycles. The Morgan fingerprint density at radius 3 is 1.24 bits per heavy atom. The maximum absolute atomic E-state index is 13.5. The van der Waals surface area contributed by atoms with Gasteiger partial charge in [-0.05, 0) is 0 Å². The average molecular weight is 573 g/mol. The lowest BCUT2D eigenvalue weighted by Gasteiger charge is -2.42. The third kappa shape index (κ3) is 4.86. The van der Waals surface area contributed by atoms with Crippen molar-refractivity contribution in [2.75, 3.05) is 5.75 Å². The minimum atomic E-state index is -8.68. The molecular weight excluding hydrogens is 567 g/mol. The van der Waals surface area contributed by atoms with Crippen LogP contribution in [0.4, 0.5) is 74.6 Å².